The number of benzene rings is 2. The molecular formula is C28H27N5O2S. The van der Waals surface area contributed by atoms with Crippen molar-refractivity contribution in [3.05, 3.63) is 106 Å². The van der Waals surface area contributed by atoms with Crippen molar-refractivity contribution in [3.63, 3.8) is 0 Å². The highest BCUT2D eigenvalue weighted by Gasteiger charge is 2.20. The maximum atomic E-state index is 13.4. The molecule has 3 aromatic heterocycles. The standard InChI is InChI=1S/C28H27N5O2S/c1-5-14-31-19(3)15-23(20(31)4)25(34)17-36-28-30-29-27-32(16-21-12-10-18(2)11-13-21)26(35)22-8-6-7-9-24(22)33(27)28/h5-13,15H,1,14,16-17H2,2-4H3. The summed E-state index contributed by atoms with van der Waals surface area (Å²) in [4.78, 5) is 26.6. The fourth-order valence-electron chi connectivity index (χ4n) is 4.55. The maximum Gasteiger partial charge on any atom is 0.263 e. The van der Waals surface area contributed by atoms with Crippen LogP contribution in [0.2, 0.25) is 0 Å². The van der Waals surface area contributed by atoms with Gasteiger partial charge in [0.05, 0.1) is 23.2 Å². The minimum atomic E-state index is -0.117. The first-order valence-electron chi connectivity index (χ1n) is 11.7. The molecule has 0 aliphatic rings. The Bertz CT molecular complexity index is 1670. The first kappa shape index (κ1) is 23.8. The predicted molar refractivity (Wildman–Crippen MR) is 144 cm³/mol. The summed E-state index contributed by atoms with van der Waals surface area (Å²) in [6, 6.07) is 17.5. The van der Waals surface area contributed by atoms with Crippen molar-refractivity contribution >= 4 is 34.2 Å². The number of hydrogen-bond acceptors (Lipinski definition) is 5. The fraction of sp³-hybridized carbons (Fsp3) is 0.214. The van der Waals surface area contributed by atoms with Crippen molar-refractivity contribution in [2.75, 3.05) is 5.75 Å². The lowest BCUT2D eigenvalue weighted by atomic mass is 10.1. The van der Waals surface area contributed by atoms with Gasteiger partial charge in [-0.2, -0.15) is 0 Å². The molecule has 0 amide bonds. The largest absolute Gasteiger partial charge is 0.345 e. The molecule has 182 valence electrons. The number of allylic oxidation sites excluding steroid dienone is 1. The number of rotatable bonds is 8. The molecule has 0 fully saturated rings. The van der Waals surface area contributed by atoms with E-state index in [0.29, 0.717) is 35.0 Å². The van der Waals surface area contributed by atoms with Crippen LogP contribution < -0.4 is 5.56 Å². The summed E-state index contributed by atoms with van der Waals surface area (Å²) in [7, 11) is 0. The van der Waals surface area contributed by atoms with Gasteiger partial charge in [0.15, 0.2) is 10.9 Å². The first-order valence-corrected chi connectivity index (χ1v) is 12.7. The fourth-order valence-corrected chi connectivity index (χ4v) is 5.37. The van der Waals surface area contributed by atoms with Crippen LogP contribution >= 0.6 is 11.8 Å². The molecule has 0 bridgehead atoms. The van der Waals surface area contributed by atoms with E-state index < -0.39 is 0 Å². The van der Waals surface area contributed by atoms with Crippen molar-refractivity contribution in [3.8, 4) is 0 Å². The minimum absolute atomic E-state index is 0.0254. The lowest BCUT2D eigenvalue weighted by Gasteiger charge is -2.11. The number of carbonyl (C=O) groups is 1. The monoisotopic (exact) mass is 497 g/mol. The molecule has 0 saturated carbocycles. The van der Waals surface area contributed by atoms with Gasteiger partial charge in [0.2, 0.25) is 5.78 Å². The van der Waals surface area contributed by atoms with Gasteiger partial charge in [-0.05, 0) is 44.5 Å². The van der Waals surface area contributed by atoms with E-state index in [1.807, 2.05) is 85.8 Å². The van der Waals surface area contributed by atoms with Crippen LogP contribution in [-0.2, 0) is 13.1 Å². The predicted octanol–water partition coefficient (Wildman–Crippen LogP) is 4.98. The molecule has 0 spiro atoms. The lowest BCUT2D eigenvalue weighted by molar-refractivity contribution is 0.102. The number of carbonyl (C=O) groups excluding carboxylic acids is 1. The zero-order valence-electron chi connectivity index (χ0n) is 20.6. The highest BCUT2D eigenvalue weighted by Crippen LogP contribution is 2.24. The molecule has 0 N–H and O–H groups in total. The summed E-state index contributed by atoms with van der Waals surface area (Å²) in [5.41, 5.74) is 5.43. The van der Waals surface area contributed by atoms with Gasteiger partial charge >= 0.3 is 0 Å². The SMILES string of the molecule is C=CCn1c(C)cc(C(=O)CSc2nnc3n(Cc4ccc(C)cc4)c(=O)c4ccccc4n23)c1C. The molecule has 0 aliphatic carbocycles. The van der Waals surface area contributed by atoms with Crippen LogP contribution in [-0.4, -0.2) is 35.3 Å². The second-order valence-electron chi connectivity index (χ2n) is 8.91. The van der Waals surface area contributed by atoms with Crippen molar-refractivity contribution in [2.24, 2.45) is 0 Å². The third kappa shape index (κ3) is 4.18. The van der Waals surface area contributed by atoms with E-state index in [4.69, 9.17) is 0 Å². The molecule has 0 saturated heterocycles. The highest BCUT2D eigenvalue weighted by atomic mass is 32.2. The Hall–Kier alpha value is -3.91. The van der Waals surface area contributed by atoms with Gasteiger partial charge in [-0.3, -0.25) is 18.6 Å². The van der Waals surface area contributed by atoms with Gasteiger partial charge in [-0.15, -0.1) is 16.8 Å². The molecule has 0 atom stereocenters. The lowest BCUT2D eigenvalue weighted by Crippen LogP contribution is -2.24. The second-order valence-corrected chi connectivity index (χ2v) is 9.85. The Morgan fingerprint density at radius 1 is 1.03 bits per heavy atom. The molecule has 7 nitrogen and oxygen atoms in total. The Morgan fingerprint density at radius 2 is 1.78 bits per heavy atom. The van der Waals surface area contributed by atoms with E-state index in [0.717, 1.165) is 28.0 Å². The number of hydrogen-bond donors (Lipinski definition) is 0. The van der Waals surface area contributed by atoms with E-state index in [2.05, 4.69) is 21.3 Å². The Labute approximate surface area is 213 Å². The number of aromatic nitrogens is 5. The zero-order chi connectivity index (χ0) is 25.4. The Morgan fingerprint density at radius 3 is 2.53 bits per heavy atom. The third-order valence-electron chi connectivity index (χ3n) is 6.46. The van der Waals surface area contributed by atoms with Crippen molar-refractivity contribution in [2.45, 2.75) is 39.0 Å². The number of thioether (sulfide) groups is 1. The van der Waals surface area contributed by atoms with Gasteiger partial charge < -0.3 is 4.57 Å². The van der Waals surface area contributed by atoms with Crippen molar-refractivity contribution in [1.29, 1.82) is 0 Å². The second kappa shape index (κ2) is 9.62. The third-order valence-corrected chi connectivity index (χ3v) is 7.39. The first-order chi connectivity index (χ1) is 17.4. The van der Waals surface area contributed by atoms with Gasteiger partial charge in [0, 0.05) is 23.5 Å². The summed E-state index contributed by atoms with van der Waals surface area (Å²) in [6.07, 6.45) is 1.83. The summed E-state index contributed by atoms with van der Waals surface area (Å²) in [5.74, 6) is 0.695. The van der Waals surface area contributed by atoms with Gasteiger partial charge in [-0.25, -0.2) is 0 Å². The van der Waals surface area contributed by atoms with Crippen LogP contribution in [0.5, 0.6) is 0 Å². The molecule has 2 aromatic carbocycles. The van der Waals surface area contributed by atoms with Crippen LogP contribution in [0.25, 0.3) is 16.7 Å². The number of ketones is 1. The summed E-state index contributed by atoms with van der Waals surface area (Å²) in [6.45, 7) is 10.8. The molecule has 0 radical (unpaired) electrons. The Kier molecular flexibility index (Phi) is 6.36. The van der Waals surface area contributed by atoms with E-state index in [-0.39, 0.29) is 17.1 Å². The normalized spacial score (nSPS) is 11.4. The number of fused-ring (bicyclic) bond motifs is 3. The highest BCUT2D eigenvalue weighted by molar-refractivity contribution is 7.99. The summed E-state index contributed by atoms with van der Waals surface area (Å²) < 4.78 is 5.60. The molecule has 0 aliphatic heterocycles. The molecule has 3 heterocycles. The number of Topliss-reactive ketones (excluding diaryl/α,β-unsaturated/α-hetero) is 1. The molecule has 8 heteroatoms. The van der Waals surface area contributed by atoms with E-state index >= 15 is 0 Å². The van der Waals surface area contributed by atoms with Gasteiger partial charge in [0.25, 0.3) is 5.56 Å². The van der Waals surface area contributed by atoms with Crippen molar-refractivity contribution < 1.29 is 4.79 Å². The molecule has 0 unspecified atom stereocenters. The van der Waals surface area contributed by atoms with Gasteiger partial charge in [-0.1, -0.05) is 59.8 Å². The van der Waals surface area contributed by atoms with Crippen LogP contribution in [0, 0.1) is 20.8 Å². The Balaban J connectivity index is 1.53. The quantitative estimate of drug-likeness (QED) is 0.172. The van der Waals surface area contributed by atoms with Crippen LogP contribution in [0.4, 0.5) is 0 Å². The summed E-state index contributed by atoms with van der Waals surface area (Å²) in [5, 5.41) is 9.93. The molecule has 36 heavy (non-hydrogen) atoms. The molecular weight excluding hydrogens is 470 g/mol. The van der Waals surface area contributed by atoms with Crippen LogP contribution in [0.1, 0.15) is 32.9 Å². The van der Waals surface area contributed by atoms with E-state index in [1.165, 1.54) is 11.8 Å². The number of aryl methyl sites for hydroxylation is 2. The van der Waals surface area contributed by atoms with Gasteiger partial charge in [0.1, 0.15) is 0 Å². The van der Waals surface area contributed by atoms with Crippen LogP contribution in [0.3, 0.4) is 0 Å². The van der Waals surface area contributed by atoms with Crippen LogP contribution in [0.15, 0.2) is 77.2 Å². The number of para-hydroxylation sites is 1. The number of nitrogens with zero attached hydrogens (tertiary/aromatic N) is 5. The molecule has 5 rings (SSSR count). The maximum absolute atomic E-state index is 13.4. The smallest absolute Gasteiger partial charge is 0.263 e. The van der Waals surface area contributed by atoms with Crippen molar-refractivity contribution in [1.82, 2.24) is 23.7 Å². The average Bonchev–Trinajstić information content (AvgIpc) is 3.43. The van der Waals surface area contributed by atoms with E-state index in [9.17, 15) is 9.59 Å². The zero-order valence-corrected chi connectivity index (χ0v) is 21.4. The average molecular weight is 498 g/mol. The van der Waals surface area contributed by atoms with E-state index in [1.54, 1.807) is 4.57 Å². The topological polar surface area (TPSA) is 74.2 Å². The minimum Gasteiger partial charge on any atom is -0.345 e. The summed E-state index contributed by atoms with van der Waals surface area (Å²) >= 11 is 1.33. The molecule has 5 aromatic rings.